The second-order valence-electron chi connectivity index (χ2n) is 7.07. The molecule has 0 atom stereocenters. The minimum atomic E-state index is -0.523. The Balaban J connectivity index is 1.84. The van der Waals surface area contributed by atoms with E-state index in [4.69, 9.17) is 4.74 Å². The van der Waals surface area contributed by atoms with Crippen LogP contribution in [0.1, 0.15) is 40.9 Å². The van der Waals surface area contributed by atoms with Gasteiger partial charge in [-0.2, -0.15) is 0 Å². The Hall–Kier alpha value is -3.40. The Kier molecular flexibility index (Phi) is 6.13. The highest BCUT2D eigenvalue weighted by atomic mass is 19.1. The van der Waals surface area contributed by atoms with Crippen molar-refractivity contribution in [3.63, 3.8) is 0 Å². The fourth-order valence-corrected chi connectivity index (χ4v) is 3.34. The number of hydrogen-bond donors (Lipinski definition) is 1. The van der Waals surface area contributed by atoms with Gasteiger partial charge in [-0.05, 0) is 73.4 Å². The first-order valence-corrected chi connectivity index (χ1v) is 9.39. The highest BCUT2D eigenvalue weighted by molar-refractivity contribution is 6.05. The van der Waals surface area contributed by atoms with Gasteiger partial charge in [-0.3, -0.25) is 4.79 Å². The molecule has 4 heteroatoms. The molecule has 0 saturated heterocycles. The Morgan fingerprint density at radius 3 is 2.00 bits per heavy atom. The molecule has 29 heavy (non-hydrogen) atoms. The third-order valence-electron chi connectivity index (χ3n) is 4.76. The molecule has 0 saturated carbocycles. The van der Waals surface area contributed by atoms with Crippen LogP contribution in [0.5, 0.6) is 5.75 Å². The third-order valence-corrected chi connectivity index (χ3v) is 4.76. The number of nitrogens with one attached hydrogen (secondary N) is 1. The van der Waals surface area contributed by atoms with E-state index in [1.165, 1.54) is 11.6 Å². The Morgan fingerprint density at radius 1 is 0.897 bits per heavy atom. The molecule has 3 aromatic rings. The first-order chi connectivity index (χ1) is 13.9. The van der Waals surface area contributed by atoms with Crippen LogP contribution in [0, 0.1) is 12.7 Å². The van der Waals surface area contributed by atoms with E-state index in [-0.39, 0.29) is 5.56 Å². The van der Waals surface area contributed by atoms with Gasteiger partial charge < -0.3 is 10.1 Å². The van der Waals surface area contributed by atoms with Crippen molar-refractivity contribution in [2.75, 3.05) is 12.4 Å². The van der Waals surface area contributed by atoms with Gasteiger partial charge in [-0.1, -0.05) is 42.0 Å². The highest BCUT2D eigenvalue weighted by Gasteiger charge is 2.15. The summed E-state index contributed by atoms with van der Waals surface area (Å²) in [6.45, 7) is 5.85. The number of amides is 1. The zero-order valence-corrected chi connectivity index (χ0v) is 17.0. The van der Waals surface area contributed by atoms with Gasteiger partial charge in [0.05, 0.1) is 12.7 Å². The van der Waals surface area contributed by atoms with Crippen molar-refractivity contribution in [2.24, 2.45) is 0 Å². The summed E-state index contributed by atoms with van der Waals surface area (Å²) in [6, 6.07) is 20.1. The third kappa shape index (κ3) is 4.54. The van der Waals surface area contributed by atoms with Gasteiger partial charge in [0.15, 0.2) is 0 Å². The van der Waals surface area contributed by atoms with Crippen LogP contribution in [0.4, 0.5) is 10.1 Å². The van der Waals surface area contributed by atoms with Gasteiger partial charge in [0, 0.05) is 5.69 Å². The lowest BCUT2D eigenvalue weighted by Crippen LogP contribution is -2.15. The van der Waals surface area contributed by atoms with E-state index in [2.05, 4.69) is 19.2 Å². The average Bonchev–Trinajstić information content (AvgIpc) is 2.69. The van der Waals surface area contributed by atoms with Gasteiger partial charge in [0.25, 0.3) is 5.91 Å². The average molecular weight is 389 g/mol. The number of anilines is 1. The number of carbonyl (C=O) groups excluding carboxylic acids is 1. The molecule has 0 aliphatic carbocycles. The van der Waals surface area contributed by atoms with E-state index < -0.39 is 11.7 Å². The van der Waals surface area contributed by atoms with E-state index in [0.717, 1.165) is 22.4 Å². The molecule has 0 spiro atoms. The molecule has 148 valence electrons. The van der Waals surface area contributed by atoms with Gasteiger partial charge in [0.2, 0.25) is 0 Å². The molecule has 0 aliphatic rings. The van der Waals surface area contributed by atoms with E-state index in [1.807, 2.05) is 48.5 Å². The molecule has 1 N–H and O–H groups in total. The molecule has 3 aromatic carbocycles. The number of rotatable bonds is 5. The lowest BCUT2D eigenvalue weighted by Gasteiger charge is -2.13. The van der Waals surface area contributed by atoms with Crippen molar-refractivity contribution in [3.8, 4) is 5.75 Å². The summed E-state index contributed by atoms with van der Waals surface area (Å²) in [5.41, 5.74) is 5.71. The SMILES string of the molecule is COc1ccc(C(=C(C)C)c2ccc(NC(=O)c3c(C)cccc3F)cc2)cc1. The Labute approximate surface area is 170 Å². The molecular weight excluding hydrogens is 365 g/mol. The van der Waals surface area contributed by atoms with Crippen LogP contribution in [-0.2, 0) is 0 Å². The molecule has 3 nitrogen and oxygen atoms in total. The first-order valence-electron chi connectivity index (χ1n) is 9.39. The number of benzene rings is 3. The molecular formula is C25H24FNO2. The van der Waals surface area contributed by atoms with Crippen LogP contribution < -0.4 is 10.1 Å². The number of halogens is 1. The van der Waals surface area contributed by atoms with Crippen molar-refractivity contribution in [1.29, 1.82) is 0 Å². The fourth-order valence-electron chi connectivity index (χ4n) is 3.34. The summed E-state index contributed by atoms with van der Waals surface area (Å²) in [4.78, 5) is 12.5. The zero-order chi connectivity index (χ0) is 21.0. The van der Waals surface area contributed by atoms with E-state index in [1.54, 1.807) is 26.2 Å². The topological polar surface area (TPSA) is 38.3 Å². The van der Waals surface area contributed by atoms with Gasteiger partial charge >= 0.3 is 0 Å². The van der Waals surface area contributed by atoms with Gasteiger partial charge in [0.1, 0.15) is 11.6 Å². The summed E-state index contributed by atoms with van der Waals surface area (Å²) in [5.74, 6) is -0.167. The van der Waals surface area contributed by atoms with Crippen LogP contribution >= 0.6 is 0 Å². The van der Waals surface area contributed by atoms with Gasteiger partial charge in [-0.25, -0.2) is 4.39 Å². The molecule has 0 aromatic heterocycles. The number of ether oxygens (including phenoxy) is 1. The molecule has 3 rings (SSSR count). The summed E-state index contributed by atoms with van der Waals surface area (Å²) >= 11 is 0. The van der Waals surface area contributed by atoms with Crippen molar-refractivity contribution in [3.05, 3.63) is 100 Å². The molecule has 0 heterocycles. The number of carbonyl (C=O) groups is 1. The lowest BCUT2D eigenvalue weighted by atomic mass is 9.94. The minimum absolute atomic E-state index is 0.0693. The maximum Gasteiger partial charge on any atom is 0.258 e. The van der Waals surface area contributed by atoms with Crippen molar-refractivity contribution < 1.29 is 13.9 Å². The van der Waals surface area contributed by atoms with Gasteiger partial charge in [-0.15, -0.1) is 0 Å². The van der Waals surface area contributed by atoms with Crippen LogP contribution in [-0.4, -0.2) is 13.0 Å². The molecule has 0 aliphatic heterocycles. The monoisotopic (exact) mass is 389 g/mol. The van der Waals surface area contributed by atoms with E-state index >= 15 is 0 Å². The Bertz CT molecular complexity index is 1030. The van der Waals surface area contributed by atoms with Crippen LogP contribution in [0.2, 0.25) is 0 Å². The smallest absolute Gasteiger partial charge is 0.258 e. The van der Waals surface area contributed by atoms with Crippen LogP contribution in [0.15, 0.2) is 72.3 Å². The summed E-state index contributed by atoms with van der Waals surface area (Å²) < 4.78 is 19.3. The van der Waals surface area contributed by atoms with Crippen molar-refractivity contribution >= 4 is 17.2 Å². The summed E-state index contributed by atoms with van der Waals surface area (Å²) in [7, 11) is 1.65. The molecule has 0 radical (unpaired) electrons. The maximum absolute atomic E-state index is 14.0. The minimum Gasteiger partial charge on any atom is -0.497 e. The predicted molar refractivity (Wildman–Crippen MR) is 116 cm³/mol. The van der Waals surface area contributed by atoms with Crippen molar-refractivity contribution in [2.45, 2.75) is 20.8 Å². The Morgan fingerprint density at radius 2 is 1.48 bits per heavy atom. The number of aryl methyl sites for hydroxylation is 1. The van der Waals surface area contributed by atoms with Crippen LogP contribution in [0.3, 0.4) is 0 Å². The second kappa shape index (κ2) is 8.74. The van der Waals surface area contributed by atoms with Crippen LogP contribution in [0.25, 0.3) is 5.57 Å². The quantitative estimate of drug-likeness (QED) is 0.561. The second-order valence-corrected chi connectivity index (χ2v) is 7.07. The standard InChI is InChI=1S/C25H24FNO2/c1-16(2)23(19-10-14-21(29-4)15-11-19)18-8-12-20(13-9-18)27-25(28)24-17(3)6-5-7-22(24)26/h5-15H,1-4H3,(H,27,28). The lowest BCUT2D eigenvalue weighted by molar-refractivity contribution is 0.102. The zero-order valence-electron chi connectivity index (χ0n) is 17.0. The first kappa shape index (κ1) is 20.3. The fraction of sp³-hybridized carbons (Fsp3) is 0.160. The molecule has 0 unspecified atom stereocenters. The normalized spacial score (nSPS) is 10.4. The number of methoxy groups -OCH3 is 1. The largest absolute Gasteiger partial charge is 0.497 e. The molecule has 0 fully saturated rings. The predicted octanol–water partition coefficient (Wildman–Crippen LogP) is 6.24. The number of allylic oxidation sites excluding steroid dienone is 1. The van der Waals surface area contributed by atoms with E-state index in [0.29, 0.717) is 11.3 Å². The summed E-state index contributed by atoms with van der Waals surface area (Å²) in [5, 5.41) is 2.78. The molecule has 0 bridgehead atoms. The summed E-state index contributed by atoms with van der Waals surface area (Å²) in [6.07, 6.45) is 0. The van der Waals surface area contributed by atoms with E-state index in [9.17, 15) is 9.18 Å². The highest BCUT2D eigenvalue weighted by Crippen LogP contribution is 2.29. The number of hydrogen-bond acceptors (Lipinski definition) is 2. The maximum atomic E-state index is 14.0. The molecule has 1 amide bonds. The van der Waals surface area contributed by atoms with Crippen molar-refractivity contribution in [1.82, 2.24) is 0 Å².